The molecule has 2 N–H and O–H groups in total. The largest absolute Gasteiger partial charge is 0.295 e. The lowest BCUT2D eigenvalue weighted by Gasteiger charge is -2.22. The second-order valence-electron chi connectivity index (χ2n) is 3.41. The Balaban J connectivity index is 2.36. The molecule has 1 aliphatic rings. The average Bonchev–Trinajstić information content (AvgIpc) is 2.48. The van der Waals surface area contributed by atoms with E-state index in [4.69, 9.17) is 12.2 Å². The fourth-order valence-corrected chi connectivity index (χ4v) is 1.98. The van der Waals surface area contributed by atoms with Crippen LogP contribution in [0.5, 0.6) is 0 Å². The molecule has 2 amide bonds. The van der Waals surface area contributed by atoms with Crippen molar-refractivity contribution >= 4 is 24.0 Å². The molecule has 0 aromatic carbocycles. The van der Waals surface area contributed by atoms with Crippen molar-refractivity contribution in [3.05, 3.63) is 10.6 Å². The zero-order valence-corrected chi connectivity index (χ0v) is 8.93. The first kappa shape index (κ1) is 10.0. The number of carbonyl (C=O) groups excluding carboxylic acids is 2. The number of aromatic nitrogens is 3. The van der Waals surface area contributed by atoms with Gasteiger partial charge in [0.1, 0.15) is 11.9 Å². The van der Waals surface area contributed by atoms with E-state index < -0.39 is 6.04 Å². The summed E-state index contributed by atoms with van der Waals surface area (Å²) >= 11 is 5.02. The molecular formula is C8H10N4O2S. The van der Waals surface area contributed by atoms with E-state index in [9.17, 15) is 9.59 Å². The molecule has 7 heteroatoms. The van der Waals surface area contributed by atoms with E-state index in [1.165, 1.54) is 0 Å². The maximum Gasteiger partial charge on any atom is 0.249 e. The third kappa shape index (κ3) is 1.70. The lowest BCUT2D eigenvalue weighted by Crippen LogP contribution is -2.42. The fourth-order valence-electron chi connectivity index (χ4n) is 1.68. The Kier molecular flexibility index (Phi) is 2.39. The van der Waals surface area contributed by atoms with Crippen LogP contribution >= 0.6 is 12.2 Å². The molecule has 0 spiro atoms. The predicted octanol–water partition coefficient (Wildman–Crippen LogP) is 0.227. The van der Waals surface area contributed by atoms with Crippen LogP contribution in [0.1, 0.15) is 24.7 Å². The van der Waals surface area contributed by atoms with Gasteiger partial charge in [-0.25, -0.2) is 0 Å². The van der Waals surface area contributed by atoms with Crippen LogP contribution in [0, 0.1) is 11.7 Å². The second kappa shape index (κ2) is 3.58. The number of aromatic amines is 1. The highest BCUT2D eigenvalue weighted by Gasteiger charge is 2.29. The van der Waals surface area contributed by atoms with E-state index in [0.717, 1.165) is 0 Å². The molecular weight excluding hydrogens is 216 g/mol. The minimum Gasteiger partial charge on any atom is -0.295 e. The van der Waals surface area contributed by atoms with Gasteiger partial charge in [-0.3, -0.25) is 24.6 Å². The lowest BCUT2D eigenvalue weighted by molar-refractivity contribution is -0.135. The molecule has 0 aliphatic carbocycles. The molecule has 1 fully saturated rings. The van der Waals surface area contributed by atoms with Crippen LogP contribution in [0.25, 0.3) is 0 Å². The van der Waals surface area contributed by atoms with Crippen LogP contribution in [0.15, 0.2) is 0 Å². The highest BCUT2D eigenvalue weighted by Crippen LogP contribution is 2.19. The van der Waals surface area contributed by atoms with Crippen LogP contribution in [0.2, 0.25) is 0 Å². The zero-order valence-electron chi connectivity index (χ0n) is 8.11. The number of H-pyrrole nitrogens is 1. The third-order valence-corrected chi connectivity index (χ3v) is 2.69. The number of piperidine rings is 1. The Labute approximate surface area is 90.7 Å². The minimum atomic E-state index is -0.422. The number of nitrogens with one attached hydrogen (secondary N) is 2. The fraction of sp³-hybridized carbons (Fsp3) is 0.500. The smallest absolute Gasteiger partial charge is 0.249 e. The van der Waals surface area contributed by atoms with Gasteiger partial charge in [0.05, 0.1) is 0 Å². The summed E-state index contributed by atoms with van der Waals surface area (Å²) in [5, 5.41) is 8.83. The van der Waals surface area contributed by atoms with Crippen molar-refractivity contribution in [2.75, 3.05) is 0 Å². The number of hydrogen-bond donors (Lipinski definition) is 2. The number of aryl methyl sites for hydroxylation is 1. The molecule has 0 saturated carbocycles. The van der Waals surface area contributed by atoms with Crippen molar-refractivity contribution < 1.29 is 9.59 Å². The number of imide groups is 1. The van der Waals surface area contributed by atoms with Crippen LogP contribution in [-0.4, -0.2) is 26.6 Å². The van der Waals surface area contributed by atoms with Crippen LogP contribution in [0.4, 0.5) is 0 Å². The molecule has 15 heavy (non-hydrogen) atoms. The molecule has 2 heterocycles. The maximum absolute atomic E-state index is 11.6. The Morgan fingerprint density at radius 3 is 2.80 bits per heavy atom. The van der Waals surface area contributed by atoms with Gasteiger partial charge in [0, 0.05) is 6.42 Å². The molecule has 1 aromatic heterocycles. The summed E-state index contributed by atoms with van der Waals surface area (Å²) < 4.78 is 2.04. The van der Waals surface area contributed by atoms with Crippen molar-refractivity contribution in [3.8, 4) is 0 Å². The summed E-state index contributed by atoms with van der Waals surface area (Å²) in [4.78, 5) is 22.5. The van der Waals surface area contributed by atoms with E-state index in [2.05, 4.69) is 15.5 Å². The molecule has 1 unspecified atom stereocenters. The highest BCUT2D eigenvalue weighted by molar-refractivity contribution is 7.71. The quantitative estimate of drug-likeness (QED) is 0.530. The molecule has 1 aromatic rings. The van der Waals surface area contributed by atoms with Gasteiger partial charge in [0.2, 0.25) is 11.8 Å². The Bertz CT molecular complexity index is 475. The van der Waals surface area contributed by atoms with Crippen molar-refractivity contribution in [2.45, 2.75) is 25.8 Å². The summed E-state index contributed by atoms with van der Waals surface area (Å²) in [5.41, 5.74) is 0. The van der Waals surface area contributed by atoms with Crippen LogP contribution in [0.3, 0.4) is 0 Å². The molecule has 1 atom stereocenters. The predicted molar refractivity (Wildman–Crippen MR) is 53.6 cm³/mol. The van der Waals surface area contributed by atoms with Gasteiger partial charge in [-0.1, -0.05) is 0 Å². The molecule has 6 nitrogen and oxygen atoms in total. The maximum atomic E-state index is 11.6. The molecule has 1 aliphatic heterocycles. The number of rotatable bonds is 1. The van der Waals surface area contributed by atoms with E-state index in [-0.39, 0.29) is 11.8 Å². The van der Waals surface area contributed by atoms with Crippen LogP contribution in [-0.2, 0) is 9.59 Å². The Morgan fingerprint density at radius 2 is 2.27 bits per heavy atom. The number of carbonyl (C=O) groups is 2. The van der Waals surface area contributed by atoms with Gasteiger partial charge < -0.3 is 0 Å². The lowest BCUT2D eigenvalue weighted by atomic mass is 10.1. The van der Waals surface area contributed by atoms with Crippen molar-refractivity contribution in [2.24, 2.45) is 0 Å². The summed E-state index contributed by atoms with van der Waals surface area (Å²) in [6.07, 6.45) is 0.808. The number of hydrogen-bond acceptors (Lipinski definition) is 4. The standard InChI is InChI=1S/C8H10N4O2S/c1-4-10-11-8(15)12(4)5-2-3-6(13)9-7(5)14/h5H,2-3H2,1H3,(H,11,15)(H,9,13,14). The topological polar surface area (TPSA) is 79.8 Å². The van der Waals surface area contributed by atoms with Gasteiger partial charge in [-0.2, -0.15) is 5.10 Å². The van der Waals surface area contributed by atoms with Crippen molar-refractivity contribution in [3.63, 3.8) is 0 Å². The average molecular weight is 226 g/mol. The monoisotopic (exact) mass is 226 g/mol. The van der Waals surface area contributed by atoms with E-state index >= 15 is 0 Å². The van der Waals surface area contributed by atoms with Gasteiger partial charge in [-0.05, 0) is 25.6 Å². The van der Waals surface area contributed by atoms with E-state index in [0.29, 0.717) is 23.4 Å². The molecule has 80 valence electrons. The first-order valence-electron chi connectivity index (χ1n) is 4.57. The number of amides is 2. The molecule has 0 bridgehead atoms. The van der Waals surface area contributed by atoms with E-state index in [1.54, 1.807) is 11.5 Å². The van der Waals surface area contributed by atoms with Crippen LogP contribution < -0.4 is 5.32 Å². The first-order chi connectivity index (χ1) is 7.09. The number of nitrogens with zero attached hydrogens (tertiary/aromatic N) is 2. The molecule has 0 radical (unpaired) electrons. The summed E-state index contributed by atoms with van der Waals surface area (Å²) in [7, 11) is 0. The first-order valence-corrected chi connectivity index (χ1v) is 4.97. The van der Waals surface area contributed by atoms with Crippen molar-refractivity contribution in [1.29, 1.82) is 0 Å². The molecule has 2 rings (SSSR count). The summed E-state index contributed by atoms with van der Waals surface area (Å²) in [6.45, 7) is 1.76. The van der Waals surface area contributed by atoms with Crippen molar-refractivity contribution in [1.82, 2.24) is 20.1 Å². The van der Waals surface area contributed by atoms with Gasteiger partial charge in [-0.15, -0.1) is 0 Å². The summed E-state index contributed by atoms with van der Waals surface area (Å²) in [6, 6.07) is -0.422. The summed E-state index contributed by atoms with van der Waals surface area (Å²) in [5.74, 6) is 0.102. The van der Waals surface area contributed by atoms with Gasteiger partial charge in [0.25, 0.3) is 0 Å². The zero-order chi connectivity index (χ0) is 11.0. The Hall–Kier alpha value is -1.50. The normalized spacial score (nSPS) is 21.5. The minimum absolute atomic E-state index is 0.232. The SMILES string of the molecule is Cc1n[nH]c(=S)n1C1CCC(=O)NC1=O. The van der Waals surface area contributed by atoms with Gasteiger partial charge >= 0.3 is 0 Å². The molecule has 1 saturated heterocycles. The highest BCUT2D eigenvalue weighted by atomic mass is 32.1. The Morgan fingerprint density at radius 1 is 1.53 bits per heavy atom. The van der Waals surface area contributed by atoms with Gasteiger partial charge in [0.15, 0.2) is 4.77 Å². The van der Waals surface area contributed by atoms with E-state index in [1.807, 2.05) is 0 Å². The third-order valence-electron chi connectivity index (χ3n) is 2.40. The second-order valence-corrected chi connectivity index (χ2v) is 3.80.